The van der Waals surface area contributed by atoms with Crippen LogP contribution in [-0.4, -0.2) is 0 Å². The van der Waals surface area contributed by atoms with Crippen LogP contribution in [0, 0.1) is 0 Å². The maximum atomic E-state index is 2.51. The number of benzene rings is 8. The summed E-state index contributed by atoms with van der Waals surface area (Å²) < 4.78 is 0. The number of fused-ring (bicyclic) bond motifs is 6. The number of nitrogens with zero attached hydrogens (tertiary/aromatic N) is 2. The highest BCUT2D eigenvalue weighted by atomic mass is 15.3. The Morgan fingerprint density at radius 2 is 0.765 bits per heavy atom. The SMILES string of the molecule is c1ccc(-c2cc3c(c4c2N(c2ccccc2)c2ccccc2N4c2ccccc2)-c2ccccc2C3(c2ccccc2)c2ccccc2)cc1. The van der Waals surface area contributed by atoms with Crippen molar-refractivity contribution in [2.75, 3.05) is 9.80 Å². The van der Waals surface area contributed by atoms with Gasteiger partial charge in [-0.2, -0.15) is 0 Å². The zero-order valence-corrected chi connectivity index (χ0v) is 28.0. The van der Waals surface area contributed by atoms with Crippen LogP contribution in [0.25, 0.3) is 22.3 Å². The van der Waals surface area contributed by atoms with Crippen molar-refractivity contribution in [3.8, 4) is 22.3 Å². The summed E-state index contributed by atoms with van der Waals surface area (Å²) in [6, 6.07) is 75.3. The summed E-state index contributed by atoms with van der Waals surface area (Å²) in [4.78, 5) is 5.00. The minimum Gasteiger partial charge on any atom is -0.306 e. The maximum absolute atomic E-state index is 2.51. The first-order valence-corrected chi connectivity index (χ1v) is 17.6. The van der Waals surface area contributed by atoms with Gasteiger partial charge in [0, 0.05) is 22.5 Å². The predicted octanol–water partition coefficient (Wildman–Crippen LogP) is 13.0. The minimum absolute atomic E-state index is 0.552. The molecule has 240 valence electrons. The predicted molar refractivity (Wildman–Crippen MR) is 212 cm³/mol. The molecule has 51 heavy (non-hydrogen) atoms. The van der Waals surface area contributed by atoms with Crippen molar-refractivity contribution in [2.24, 2.45) is 0 Å². The molecule has 0 aromatic heterocycles. The fourth-order valence-electron chi connectivity index (χ4n) is 8.62. The van der Waals surface area contributed by atoms with E-state index in [2.05, 4.69) is 216 Å². The fraction of sp³-hybridized carbons (Fsp3) is 0.0204. The molecule has 0 spiro atoms. The Bertz CT molecular complexity index is 2470. The van der Waals surface area contributed by atoms with E-state index in [9.17, 15) is 0 Å². The highest BCUT2D eigenvalue weighted by Crippen LogP contribution is 2.66. The molecule has 2 aliphatic rings. The van der Waals surface area contributed by atoms with Gasteiger partial charge in [-0.05, 0) is 75.8 Å². The van der Waals surface area contributed by atoms with Crippen LogP contribution in [0.1, 0.15) is 22.3 Å². The minimum atomic E-state index is -0.552. The molecule has 0 saturated heterocycles. The molecule has 0 saturated carbocycles. The summed E-state index contributed by atoms with van der Waals surface area (Å²) in [5.41, 5.74) is 16.3. The smallest absolute Gasteiger partial charge is 0.0792 e. The van der Waals surface area contributed by atoms with E-state index in [1.54, 1.807) is 0 Å². The summed E-state index contributed by atoms with van der Waals surface area (Å²) in [5, 5.41) is 0. The fourth-order valence-corrected chi connectivity index (χ4v) is 8.62. The molecule has 0 N–H and O–H groups in total. The Morgan fingerprint density at radius 3 is 1.31 bits per heavy atom. The molecule has 0 unspecified atom stereocenters. The number of hydrogen-bond acceptors (Lipinski definition) is 2. The maximum Gasteiger partial charge on any atom is 0.0792 e. The van der Waals surface area contributed by atoms with Gasteiger partial charge in [-0.25, -0.2) is 0 Å². The van der Waals surface area contributed by atoms with Gasteiger partial charge in [0.15, 0.2) is 0 Å². The molecule has 2 heteroatoms. The molecule has 0 fully saturated rings. The number of rotatable bonds is 5. The van der Waals surface area contributed by atoms with Gasteiger partial charge in [0.25, 0.3) is 0 Å². The van der Waals surface area contributed by atoms with Gasteiger partial charge in [0.2, 0.25) is 0 Å². The number of anilines is 6. The van der Waals surface area contributed by atoms with Gasteiger partial charge < -0.3 is 9.80 Å². The van der Waals surface area contributed by atoms with Crippen molar-refractivity contribution in [1.82, 2.24) is 0 Å². The van der Waals surface area contributed by atoms with Crippen LogP contribution >= 0.6 is 0 Å². The van der Waals surface area contributed by atoms with E-state index in [-0.39, 0.29) is 0 Å². The highest BCUT2D eigenvalue weighted by Gasteiger charge is 2.50. The van der Waals surface area contributed by atoms with E-state index in [4.69, 9.17) is 0 Å². The van der Waals surface area contributed by atoms with Gasteiger partial charge in [0.1, 0.15) is 0 Å². The molecule has 0 amide bonds. The number of hydrogen-bond donors (Lipinski definition) is 0. The monoisotopic (exact) mass is 650 g/mol. The third-order valence-electron chi connectivity index (χ3n) is 10.6. The van der Waals surface area contributed by atoms with Gasteiger partial charge in [-0.3, -0.25) is 0 Å². The van der Waals surface area contributed by atoms with Crippen LogP contribution in [0.5, 0.6) is 0 Å². The van der Waals surface area contributed by atoms with Crippen LogP contribution < -0.4 is 9.80 Å². The van der Waals surface area contributed by atoms with E-state index >= 15 is 0 Å². The lowest BCUT2D eigenvalue weighted by Crippen LogP contribution is -2.30. The molecule has 0 radical (unpaired) electrons. The number of para-hydroxylation sites is 4. The summed E-state index contributed by atoms with van der Waals surface area (Å²) in [6.07, 6.45) is 0. The van der Waals surface area contributed by atoms with E-state index in [0.717, 1.165) is 22.7 Å². The summed E-state index contributed by atoms with van der Waals surface area (Å²) in [7, 11) is 0. The summed E-state index contributed by atoms with van der Waals surface area (Å²) in [5.74, 6) is 0. The molecule has 0 bridgehead atoms. The van der Waals surface area contributed by atoms with Crippen LogP contribution in [0.15, 0.2) is 206 Å². The average Bonchev–Trinajstić information content (AvgIpc) is 3.52. The van der Waals surface area contributed by atoms with Crippen molar-refractivity contribution in [1.29, 1.82) is 0 Å². The highest BCUT2D eigenvalue weighted by molar-refractivity contribution is 6.13. The second-order valence-electron chi connectivity index (χ2n) is 13.3. The topological polar surface area (TPSA) is 6.48 Å². The summed E-state index contributed by atoms with van der Waals surface area (Å²) in [6.45, 7) is 0. The molecule has 1 aliphatic carbocycles. The van der Waals surface area contributed by atoms with Gasteiger partial charge >= 0.3 is 0 Å². The van der Waals surface area contributed by atoms with Crippen molar-refractivity contribution >= 4 is 34.1 Å². The molecule has 10 rings (SSSR count). The molecular formula is C49H34N2. The van der Waals surface area contributed by atoms with E-state index < -0.39 is 5.41 Å². The Hall–Kier alpha value is -6.64. The van der Waals surface area contributed by atoms with Gasteiger partial charge in [-0.1, -0.05) is 164 Å². The third kappa shape index (κ3) is 4.30. The Kier molecular flexibility index (Phi) is 6.75. The normalized spacial score (nSPS) is 13.6. The lowest BCUT2D eigenvalue weighted by atomic mass is 9.67. The van der Waals surface area contributed by atoms with Crippen LogP contribution in [0.3, 0.4) is 0 Å². The van der Waals surface area contributed by atoms with E-state index in [0.29, 0.717) is 0 Å². The molecule has 8 aromatic carbocycles. The second-order valence-corrected chi connectivity index (χ2v) is 13.3. The van der Waals surface area contributed by atoms with Crippen LogP contribution in [0.4, 0.5) is 34.1 Å². The zero-order valence-electron chi connectivity index (χ0n) is 28.0. The average molecular weight is 651 g/mol. The van der Waals surface area contributed by atoms with E-state index in [1.165, 1.54) is 55.9 Å². The molecule has 1 heterocycles. The van der Waals surface area contributed by atoms with Crippen molar-refractivity contribution < 1.29 is 0 Å². The van der Waals surface area contributed by atoms with Crippen molar-refractivity contribution in [3.05, 3.63) is 229 Å². The lowest BCUT2D eigenvalue weighted by Gasteiger charge is -2.43. The quantitative estimate of drug-likeness (QED) is 0.183. The van der Waals surface area contributed by atoms with Gasteiger partial charge in [0.05, 0.1) is 28.2 Å². The molecule has 8 aromatic rings. The van der Waals surface area contributed by atoms with Gasteiger partial charge in [-0.15, -0.1) is 0 Å². The first kappa shape index (κ1) is 29.3. The van der Waals surface area contributed by atoms with E-state index in [1.807, 2.05) is 0 Å². The van der Waals surface area contributed by atoms with Crippen LogP contribution in [-0.2, 0) is 5.41 Å². The summed E-state index contributed by atoms with van der Waals surface area (Å²) >= 11 is 0. The standard InChI is InChI=1S/C49H34N2/c1-6-20-35(21-7-1)41-34-43-46(40-30-16-17-31-42(40)49(43,36-22-8-2-9-23-36)37-24-10-3-11-25-37)48-47(41)50(38-26-12-4-13-27-38)44-32-18-19-33-45(44)51(48)39-28-14-5-15-29-39/h1-34H. The first-order valence-electron chi connectivity index (χ1n) is 17.6. The Labute approximate surface area is 299 Å². The first-order chi connectivity index (χ1) is 25.4. The van der Waals surface area contributed by atoms with Crippen molar-refractivity contribution in [2.45, 2.75) is 5.41 Å². The molecule has 0 atom stereocenters. The van der Waals surface area contributed by atoms with Crippen molar-refractivity contribution in [3.63, 3.8) is 0 Å². The third-order valence-corrected chi connectivity index (χ3v) is 10.6. The largest absolute Gasteiger partial charge is 0.306 e. The zero-order chi connectivity index (χ0) is 33.8. The molecule has 2 nitrogen and oxygen atoms in total. The second kappa shape index (κ2) is 11.8. The van der Waals surface area contributed by atoms with Crippen LogP contribution in [0.2, 0.25) is 0 Å². The Morgan fingerprint density at radius 1 is 0.333 bits per heavy atom. The Balaban J connectivity index is 1.45. The molecular weight excluding hydrogens is 617 g/mol. The lowest BCUT2D eigenvalue weighted by molar-refractivity contribution is 0.768. The molecule has 1 aliphatic heterocycles.